The van der Waals surface area contributed by atoms with Crippen LogP contribution >= 0.6 is 11.3 Å². The van der Waals surface area contributed by atoms with Crippen molar-refractivity contribution in [2.45, 2.75) is 33.6 Å². The van der Waals surface area contributed by atoms with Crippen LogP contribution in [0, 0.1) is 6.92 Å². The number of thiophene rings is 1. The summed E-state index contributed by atoms with van der Waals surface area (Å²) in [6.07, 6.45) is 1.13. The smallest absolute Gasteiger partial charge is 0.310 e. The van der Waals surface area contributed by atoms with Crippen LogP contribution in [0.15, 0.2) is 41.1 Å². The molecule has 0 aliphatic carbocycles. The molecule has 0 atom stereocenters. The lowest BCUT2D eigenvalue weighted by atomic mass is 10.1. The van der Waals surface area contributed by atoms with Gasteiger partial charge in [-0.15, -0.1) is 0 Å². The fraction of sp³-hybridized carbons (Fsp3) is 0.286. The van der Waals surface area contributed by atoms with E-state index in [1.54, 1.807) is 11.3 Å². The van der Waals surface area contributed by atoms with Gasteiger partial charge in [-0.25, -0.2) is 9.97 Å². The zero-order chi connectivity index (χ0) is 19.2. The third kappa shape index (κ3) is 4.71. The van der Waals surface area contributed by atoms with Gasteiger partial charge in [0.25, 0.3) is 0 Å². The Morgan fingerprint density at radius 3 is 2.56 bits per heavy atom. The van der Waals surface area contributed by atoms with Crippen molar-refractivity contribution in [3.8, 4) is 11.4 Å². The molecule has 0 saturated carbocycles. The molecule has 3 rings (SSSR count). The number of nitrogens with one attached hydrogen (secondary N) is 1. The molecule has 0 spiro atoms. The predicted octanol–water partition coefficient (Wildman–Crippen LogP) is 4.93. The van der Waals surface area contributed by atoms with Crippen molar-refractivity contribution >= 4 is 28.8 Å². The lowest BCUT2D eigenvalue weighted by Crippen LogP contribution is -2.07. The molecule has 27 heavy (non-hydrogen) atoms. The van der Waals surface area contributed by atoms with E-state index in [0.717, 1.165) is 46.1 Å². The fourth-order valence-electron chi connectivity index (χ4n) is 2.86. The largest absolute Gasteiger partial charge is 0.466 e. The Hall–Kier alpha value is -2.73. The lowest BCUT2D eigenvalue weighted by molar-refractivity contribution is -0.142. The first-order chi connectivity index (χ1) is 13.1. The minimum atomic E-state index is -0.210. The highest BCUT2D eigenvalue weighted by Gasteiger charge is 2.12. The molecule has 0 fully saturated rings. The average Bonchev–Trinajstić information content (AvgIpc) is 3.18. The summed E-state index contributed by atoms with van der Waals surface area (Å²) in [7, 11) is 0. The molecule has 0 radical (unpaired) electrons. The van der Waals surface area contributed by atoms with Gasteiger partial charge in [-0.1, -0.05) is 19.1 Å². The molecule has 1 N–H and O–H groups in total. The van der Waals surface area contributed by atoms with Gasteiger partial charge in [0.1, 0.15) is 5.82 Å². The highest BCUT2D eigenvalue weighted by molar-refractivity contribution is 7.08. The molecule has 0 saturated heterocycles. The van der Waals surface area contributed by atoms with E-state index in [-0.39, 0.29) is 12.4 Å². The molecule has 0 aliphatic rings. The molecule has 0 amide bonds. The Morgan fingerprint density at radius 1 is 1.15 bits per heavy atom. The number of benzene rings is 1. The van der Waals surface area contributed by atoms with Gasteiger partial charge in [-0.3, -0.25) is 4.79 Å². The number of carbonyl (C=O) groups is 1. The highest BCUT2D eigenvalue weighted by atomic mass is 32.1. The second-order valence-electron chi connectivity index (χ2n) is 6.13. The fourth-order valence-corrected chi connectivity index (χ4v) is 3.50. The van der Waals surface area contributed by atoms with Crippen molar-refractivity contribution in [1.82, 2.24) is 9.97 Å². The Balaban J connectivity index is 1.83. The van der Waals surface area contributed by atoms with Crippen LogP contribution in [0.3, 0.4) is 0 Å². The van der Waals surface area contributed by atoms with Crippen LogP contribution in [0.5, 0.6) is 0 Å². The Morgan fingerprint density at radius 2 is 1.93 bits per heavy atom. The number of esters is 1. The first-order valence-electron chi connectivity index (χ1n) is 9.02. The second-order valence-corrected chi connectivity index (χ2v) is 6.91. The van der Waals surface area contributed by atoms with Crippen LogP contribution < -0.4 is 5.32 Å². The van der Waals surface area contributed by atoms with E-state index in [9.17, 15) is 4.79 Å². The van der Waals surface area contributed by atoms with Crippen LogP contribution in [0.1, 0.15) is 30.7 Å². The van der Waals surface area contributed by atoms with Gasteiger partial charge in [0.2, 0.25) is 0 Å². The third-order valence-corrected chi connectivity index (χ3v) is 4.90. The standard InChI is InChI=1S/C21H23N3O2S/c1-4-18-14(3)22-20(16-10-11-27-13-16)24-21(18)23-17-8-6-15(7-9-17)12-19(25)26-5-2/h6-11,13H,4-5,12H2,1-3H3,(H,22,23,24). The quantitative estimate of drug-likeness (QED) is 0.588. The summed E-state index contributed by atoms with van der Waals surface area (Å²) < 4.78 is 4.99. The second kappa shape index (κ2) is 8.77. The monoisotopic (exact) mass is 381 g/mol. The van der Waals surface area contributed by atoms with Crippen LogP contribution in [-0.4, -0.2) is 22.5 Å². The maximum absolute atomic E-state index is 11.6. The van der Waals surface area contributed by atoms with Crippen molar-refractivity contribution in [3.63, 3.8) is 0 Å². The van der Waals surface area contributed by atoms with E-state index >= 15 is 0 Å². The summed E-state index contributed by atoms with van der Waals surface area (Å²) in [6, 6.07) is 9.79. The predicted molar refractivity (Wildman–Crippen MR) is 110 cm³/mol. The first kappa shape index (κ1) is 19.0. The van der Waals surface area contributed by atoms with Gasteiger partial charge in [-0.2, -0.15) is 11.3 Å². The van der Waals surface area contributed by atoms with E-state index in [1.165, 1.54) is 0 Å². The number of ether oxygens (including phenoxy) is 1. The molecule has 140 valence electrons. The number of rotatable bonds is 7. The van der Waals surface area contributed by atoms with Crippen LogP contribution in [0.4, 0.5) is 11.5 Å². The maximum Gasteiger partial charge on any atom is 0.310 e. The molecular weight excluding hydrogens is 358 g/mol. The van der Waals surface area contributed by atoms with Crippen LogP contribution in [0.25, 0.3) is 11.4 Å². The molecule has 0 unspecified atom stereocenters. The minimum Gasteiger partial charge on any atom is -0.466 e. The first-order valence-corrected chi connectivity index (χ1v) is 9.96. The molecule has 0 aliphatic heterocycles. The molecule has 2 aromatic heterocycles. The Bertz CT molecular complexity index is 906. The highest BCUT2D eigenvalue weighted by Crippen LogP contribution is 2.26. The lowest BCUT2D eigenvalue weighted by Gasteiger charge is -2.14. The van der Waals surface area contributed by atoms with Crippen LogP contribution in [-0.2, 0) is 22.4 Å². The van der Waals surface area contributed by atoms with Crippen molar-refractivity contribution < 1.29 is 9.53 Å². The minimum absolute atomic E-state index is 0.210. The summed E-state index contributed by atoms with van der Waals surface area (Å²) in [5.41, 5.74) is 4.96. The summed E-state index contributed by atoms with van der Waals surface area (Å²) in [5, 5.41) is 7.48. The number of aryl methyl sites for hydroxylation is 1. The number of hydrogen-bond acceptors (Lipinski definition) is 6. The van der Waals surface area contributed by atoms with Gasteiger partial charge in [0.15, 0.2) is 5.82 Å². The van der Waals surface area contributed by atoms with E-state index in [2.05, 4.69) is 17.2 Å². The van der Waals surface area contributed by atoms with E-state index in [4.69, 9.17) is 9.72 Å². The SMILES string of the molecule is CCOC(=O)Cc1ccc(Nc2nc(-c3ccsc3)nc(C)c2CC)cc1. The van der Waals surface area contributed by atoms with E-state index in [1.807, 2.05) is 54.9 Å². The Kier molecular flexibility index (Phi) is 6.19. The van der Waals surface area contributed by atoms with Gasteiger partial charge in [0.05, 0.1) is 13.0 Å². The zero-order valence-corrected chi connectivity index (χ0v) is 16.6. The maximum atomic E-state index is 11.6. The van der Waals surface area contributed by atoms with Crippen molar-refractivity contribution in [1.29, 1.82) is 0 Å². The zero-order valence-electron chi connectivity index (χ0n) is 15.8. The van der Waals surface area contributed by atoms with Crippen molar-refractivity contribution in [2.24, 2.45) is 0 Å². The van der Waals surface area contributed by atoms with Gasteiger partial charge < -0.3 is 10.1 Å². The molecule has 3 aromatic rings. The topological polar surface area (TPSA) is 64.1 Å². The number of anilines is 2. The van der Waals surface area contributed by atoms with Crippen molar-refractivity contribution in [2.75, 3.05) is 11.9 Å². The van der Waals surface area contributed by atoms with E-state index in [0.29, 0.717) is 6.61 Å². The van der Waals surface area contributed by atoms with Gasteiger partial charge in [-0.05, 0) is 49.4 Å². The summed E-state index contributed by atoms with van der Waals surface area (Å²) in [5.74, 6) is 1.34. The molecule has 1 aromatic carbocycles. The van der Waals surface area contributed by atoms with Crippen LogP contribution in [0.2, 0.25) is 0 Å². The summed E-state index contributed by atoms with van der Waals surface area (Å²) in [6.45, 7) is 6.33. The average molecular weight is 382 g/mol. The molecule has 6 heteroatoms. The molecule has 2 heterocycles. The van der Waals surface area contributed by atoms with E-state index < -0.39 is 0 Å². The normalized spacial score (nSPS) is 10.6. The van der Waals surface area contributed by atoms with Crippen molar-refractivity contribution in [3.05, 3.63) is 57.9 Å². The van der Waals surface area contributed by atoms with Gasteiger partial charge in [0, 0.05) is 27.9 Å². The third-order valence-electron chi connectivity index (χ3n) is 4.22. The number of carbonyl (C=O) groups excluding carboxylic acids is 1. The summed E-state index contributed by atoms with van der Waals surface area (Å²) in [4.78, 5) is 21.0. The van der Waals surface area contributed by atoms with Gasteiger partial charge >= 0.3 is 5.97 Å². The number of aromatic nitrogens is 2. The number of nitrogens with zero attached hydrogens (tertiary/aromatic N) is 2. The number of hydrogen-bond donors (Lipinski definition) is 1. The summed E-state index contributed by atoms with van der Waals surface area (Å²) >= 11 is 1.63. The molecular formula is C21H23N3O2S. The molecule has 0 bridgehead atoms. The Labute approximate surface area is 163 Å². The molecule has 5 nitrogen and oxygen atoms in total.